The van der Waals surface area contributed by atoms with Gasteiger partial charge < -0.3 is 14.8 Å². The summed E-state index contributed by atoms with van der Waals surface area (Å²) in [5.74, 6) is 1.20. The molecule has 2 aromatic carbocycles. The van der Waals surface area contributed by atoms with Crippen LogP contribution in [0.2, 0.25) is 0 Å². The van der Waals surface area contributed by atoms with Gasteiger partial charge in [0.05, 0.1) is 31.6 Å². The number of ketones is 1. The minimum atomic E-state index is -0.531. The highest BCUT2D eigenvalue weighted by Gasteiger charge is 2.39. The number of fused-ring (bicyclic) bond motifs is 1. The van der Waals surface area contributed by atoms with E-state index in [4.69, 9.17) is 9.47 Å². The van der Waals surface area contributed by atoms with Crippen molar-refractivity contribution >= 4 is 23.1 Å². The summed E-state index contributed by atoms with van der Waals surface area (Å²) in [6.45, 7) is 1.84. The molecule has 0 radical (unpaired) electrons. The fraction of sp³-hybridized carbons (Fsp3) is 0.333. The summed E-state index contributed by atoms with van der Waals surface area (Å²) in [7, 11) is 3.17. The Labute approximate surface area is 176 Å². The Morgan fingerprint density at radius 1 is 1.10 bits per heavy atom. The maximum absolute atomic E-state index is 13.2. The molecule has 1 unspecified atom stereocenters. The van der Waals surface area contributed by atoms with Gasteiger partial charge in [-0.25, -0.2) is 0 Å². The van der Waals surface area contributed by atoms with Crippen LogP contribution in [0.1, 0.15) is 44.2 Å². The molecule has 1 aliphatic heterocycles. The zero-order valence-corrected chi connectivity index (χ0v) is 17.5. The number of anilines is 2. The first-order chi connectivity index (χ1) is 14.6. The quantitative estimate of drug-likeness (QED) is 0.802. The third-order valence-electron chi connectivity index (χ3n) is 5.73. The molecule has 0 saturated carbocycles. The normalized spacial score (nSPS) is 18.2. The second-order valence-electron chi connectivity index (χ2n) is 7.45. The molecule has 30 heavy (non-hydrogen) atoms. The van der Waals surface area contributed by atoms with E-state index in [-0.39, 0.29) is 11.7 Å². The van der Waals surface area contributed by atoms with E-state index in [1.807, 2.05) is 49.4 Å². The molecule has 1 N–H and O–H groups in total. The Morgan fingerprint density at radius 2 is 1.87 bits per heavy atom. The average molecular weight is 406 g/mol. The lowest BCUT2D eigenvalue weighted by Gasteiger charge is -2.34. The van der Waals surface area contributed by atoms with E-state index in [1.54, 1.807) is 19.1 Å². The van der Waals surface area contributed by atoms with E-state index in [1.165, 1.54) is 0 Å². The highest BCUT2D eigenvalue weighted by atomic mass is 16.5. The Hall–Kier alpha value is -3.28. The van der Waals surface area contributed by atoms with Crippen LogP contribution < -0.4 is 19.7 Å². The van der Waals surface area contributed by atoms with Crippen molar-refractivity contribution in [3.05, 3.63) is 59.3 Å². The maximum atomic E-state index is 13.2. The number of benzene rings is 2. The number of hydrogen-bond acceptors (Lipinski definition) is 5. The van der Waals surface area contributed by atoms with Gasteiger partial charge in [-0.05, 0) is 42.7 Å². The molecule has 156 valence electrons. The largest absolute Gasteiger partial charge is 0.493 e. The number of Topliss-reactive ketones (excluding diaryl/α,β-unsaturated/α-hetero) is 1. The molecule has 1 heterocycles. The highest BCUT2D eigenvalue weighted by Crippen LogP contribution is 2.46. The standard InChI is InChI=1S/C24H26N2O4/c1-4-22(28)26-18-10-6-5-8-16(18)25-17-9-7-11-19(27)23(17)24(26)15-12-13-20(29-2)21(14-15)30-3/h5-6,8,10,12-14,24-25H,4,7,9,11H2,1-3H3. The summed E-state index contributed by atoms with van der Waals surface area (Å²) in [6, 6.07) is 12.8. The summed E-state index contributed by atoms with van der Waals surface area (Å²) < 4.78 is 10.9. The van der Waals surface area contributed by atoms with Gasteiger partial charge in [0.1, 0.15) is 0 Å². The average Bonchev–Trinajstić information content (AvgIpc) is 2.93. The van der Waals surface area contributed by atoms with Crippen LogP contribution in [0, 0.1) is 0 Å². The molecule has 0 bridgehead atoms. The molecule has 1 aliphatic carbocycles. The second-order valence-corrected chi connectivity index (χ2v) is 7.45. The van der Waals surface area contributed by atoms with E-state index < -0.39 is 6.04 Å². The van der Waals surface area contributed by atoms with Crippen molar-refractivity contribution in [3.63, 3.8) is 0 Å². The number of rotatable bonds is 4. The number of methoxy groups -OCH3 is 2. The van der Waals surface area contributed by atoms with Gasteiger partial charge in [0.25, 0.3) is 0 Å². The highest BCUT2D eigenvalue weighted by molar-refractivity contribution is 6.06. The number of ether oxygens (including phenoxy) is 2. The van der Waals surface area contributed by atoms with Crippen LogP contribution in [0.25, 0.3) is 0 Å². The number of carbonyl (C=O) groups excluding carboxylic acids is 2. The van der Waals surface area contributed by atoms with Gasteiger partial charge in [0.15, 0.2) is 17.3 Å². The number of nitrogens with one attached hydrogen (secondary N) is 1. The number of para-hydroxylation sites is 2. The number of hydrogen-bond donors (Lipinski definition) is 1. The van der Waals surface area contributed by atoms with E-state index in [9.17, 15) is 9.59 Å². The molecule has 0 saturated heterocycles. The van der Waals surface area contributed by atoms with Gasteiger partial charge >= 0.3 is 0 Å². The van der Waals surface area contributed by atoms with Crippen LogP contribution in [-0.4, -0.2) is 25.9 Å². The molecule has 6 heteroatoms. The lowest BCUT2D eigenvalue weighted by Crippen LogP contribution is -2.37. The molecule has 0 aromatic heterocycles. The van der Waals surface area contributed by atoms with Gasteiger partial charge in [-0.1, -0.05) is 25.1 Å². The van der Waals surface area contributed by atoms with Crippen molar-refractivity contribution in [3.8, 4) is 11.5 Å². The van der Waals surface area contributed by atoms with Gasteiger partial charge in [0.2, 0.25) is 5.91 Å². The van der Waals surface area contributed by atoms with Crippen molar-refractivity contribution < 1.29 is 19.1 Å². The van der Waals surface area contributed by atoms with Crippen LogP contribution in [0.5, 0.6) is 11.5 Å². The Bertz CT molecular complexity index is 1030. The summed E-state index contributed by atoms with van der Waals surface area (Å²) in [5, 5.41) is 3.46. The summed E-state index contributed by atoms with van der Waals surface area (Å²) in [5.41, 5.74) is 3.97. The molecule has 0 fully saturated rings. The Kier molecular flexibility index (Phi) is 5.48. The van der Waals surface area contributed by atoms with Crippen molar-refractivity contribution in [2.75, 3.05) is 24.4 Å². The first kappa shape index (κ1) is 20.0. The van der Waals surface area contributed by atoms with E-state index >= 15 is 0 Å². The molecule has 6 nitrogen and oxygen atoms in total. The molecular weight excluding hydrogens is 380 g/mol. The summed E-state index contributed by atoms with van der Waals surface area (Å²) in [6.07, 6.45) is 2.38. The summed E-state index contributed by atoms with van der Waals surface area (Å²) in [4.78, 5) is 28.2. The van der Waals surface area contributed by atoms with Crippen LogP contribution >= 0.6 is 0 Å². The second kappa shape index (κ2) is 8.22. The zero-order valence-electron chi connectivity index (χ0n) is 17.5. The Balaban J connectivity index is 1.99. The van der Waals surface area contributed by atoms with E-state index in [0.717, 1.165) is 35.5 Å². The number of amides is 1. The van der Waals surface area contributed by atoms with Crippen LogP contribution in [0.4, 0.5) is 11.4 Å². The minimum Gasteiger partial charge on any atom is -0.493 e. The molecule has 1 amide bonds. The molecule has 4 rings (SSSR count). The van der Waals surface area contributed by atoms with E-state index in [2.05, 4.69) is 5.32 Å². The van der Waals surface area contributed by atoms with Crippen LogP contribution in [0.15, 0.2) is 53.7 Å². The SMILES string of the molecule is CCC(=O)N1c2ccccc2NC2=C(C(=O)CCC2)C1c1ccc(OC)c(OC)c1. The molecular formula is C24H26N2O4. The van der Waals surface area contributed by atoms with Gasteiger partial charge in [0, 0.05) is 24.1 Å². The molecule has 1 atom stereocenters. The van der Waals surface area contributed by atoms with Crippen molar-refractivity contribution in [2.24, 2.45) is 0 Å². The molecule has 0 spiro atoms. The van der Waals surface area contributed by atoms with Crippen molar-refractivity contribution in [2.45, 2.75) is 38.6 Å². The van der Waals surface area contributed by atoms with Crippen molar-refractivity contribution in [1.82, 2.24) is 0 Å². The first-order valence-corrected chi connectivity index (χ1v) is 10.2. The minimum absolute atomic E-state index is 0.0452. The lowest BCUT2D eigenvalue weighted by atomic mass is 9.85. The number of nitrogens with zero attached hydrogens (tertiary/aromatic N) is 1. The smallest absolute Gasteiger partial charge is 0.227 e. The maximum Gasteiger partial charge on any atom is 0.227 e. The zero-order chi connectivity index (χ0) is 21.3. The summed E-state index contributed by atoms with van der Waals surface area (Å²) >= 11 is 0. The number of carbonyl (C=O) groups is 2. The monoisotopic (exact) mass is 406 g/mol. The third kappa shape index (κ3) is 3.32. The Morgan fingerprint density at radius 3 is 2.60 bits per heavy atom. The van der Waals surface area contributed by atoms with E-state index in [0.29, 0.717) is 29.9 Å². The molecule has 2 aliphatic rings. The fourth-order valence-corrected chi connectivity index (χ4v) is 4.32. The molecule has 2 aromatic rings. The predicted octanol–water partition coefficient (Wildman–Crippen LogP) is 4.62. The van der Waals surface area contributed by atoms with Gasteiger partial charge in [-0.3, -0.25) is 14.5 Å². The number of allylic oxidation sites excluding steroid dienone is 1. The predicted molar refractivity (Wildman–Crippen MR) is 116 cm³/mol. The van der Waals surface area contributed by atoms with Crippen LogP contribution in [-0.2, 0) is 9.59 Å². The lowest BCUT2D eigenvalue weighted by molar-refractivity contribution is -0.118. The topological polar surface area (TPSA) is 67.9 Å². The van der Waals surface area contributed by atoms with Crippen molar-refractivity contribution in [1.29, 1.82) is 0 Å². The van der Waals surface area contributed by atoms with Gasteiger partial charge in [-0.2, -0.15) is 0 Å². The third-order valence-corrected chi connectivity index (χ3v) is 5.73. The first-order valence-electron chi connectivity index (χ1n) is 10.2. The van der Waals surface area contributed by atoms with Crippen LogP contribution in [0.3, 0.4) is 0 Å². The van der Waals surface area contributed by atoms with Gasteiger partial charge in [-0.15, -0.1) is 0 Å². The fourth-order valence-electron chi connectivity index (χ4n) is 4.32.